The van der Waals surface area contributed by atoms with E-state index in [9.17, 15) is 10.1 Å². The number of nitriles is 1. The minimum absolute atomic E-state index is 0.0890. The van der Waals surface area contributed by atoms with Crippen LogP contribution in [0, 0.1) is 11.3 Å². The molecule has 6 heteroatoms. The van der Waals surface area contributed by atoms with Gasteiger partial charge in [0.25, 0.3) is 5.91 Å². The molecule has 3 aromatic rings. The summed E-state index contributed by atoms with van der Waals surface area (Å²) in [7, 11) is 0. The molecule has 28 heavy (non-hydrogen) atoms. The Morgan fingerprint density at radius 3 is 2.79 bits per heavy atom. The van der Waals surface area contributed by atoms with E-state index < -0.39 is 0 Å². The number of hydrogen-bond donors (Lipinski definition) is 2. The molecule has 0 saturated carbocycles. The number of nitrogens with two attached hydrogens (primary N) is 1. The Kier molecular flexibility index (Phi) is 5.56. The number of fused-ring (bicyclic) bond motifs is 1. The van der Waals surface area contributed by atoms with E-state index in [1.165, 1.54) is 4.88 Å². The van der Waals surface area contributed by atoms with E-state index >= 15 is 0 Å². The van der Waals surface area contributed by atoms with Gasteiger partial charge in [-0.15, -0.1) is 11.3 Å². The van der Waals surface area contributed by atoms with Crippen LogP contribution in [0.5, 0.6) is 0 Å². The van der Waals surface area contributed by atoms with Gasteiger partial charge in [0.1, 0.15) is 11.1 Å². The highest BCUT2D eigenvalue weighted by atomic mass is 32.1. The number of aryl methyl sites for hydroxylation is 1. The van der Waals surface area contributed by atoms with Gasteiger partial charge in [-0.2, -0.15) is 5.26 Å². The maximum atomic E-state index is 12.6. The Hall–Kier alpha value is -2.88. The van der Waals surface area contributed by atoms with Crippen molar-refractivity contribution in [2.45, 2.75) is 31.7 Å². The van der Waals surface area contributed by atoms with Crippen LogP contribution in [0.15, 0.2) is 53.1 Å². The molecule has 1 atom stereocenters. The van der Waals surface area contributed by atoms with E-state index in [0.717, 1.165) is 42.6 Å². The van der Waals surface area contributed by atoms with Crippen LogP contribution in [-0.4, -0.2) is 12.5 Å². The second kappa shape index (κ2) is 8.42. The summed E-state index contributed by atoms with van der Waals surface area (Å²) in [4.78, 5) is 13.9. The van der Waals surface area contributed by atoms with E-state index in [4.69, 9.17) is 4.42 Å². The Morgan fingerprint density at radius 2 is 2.04 bits per heavy atom. The highest BCUT2D eigenvalue weighted by Gasteiger charge is 2.24. The molecule has 0 fully saturated rings. The minimum Gasteiger partial charge on any atom is -0.463 e. The quantitative estimate of drug-likeness (QED) is 0.675. The molecule has 2 aromatic heterocycles. The summed E-state index contributed by atoms with van der Waals surface area (Å²) in [6, 6.07) is 16.0. The van der Waals surface area contributed by atoms with Crippen LogP contribution in [-0.2, 0) is 17.6 Å². The zero-order valence-electron chi connectivity index (χ0n) is 15.5. The van der Waals surface area contributed by atoms with Gasteiger partial charge in [0.15, 0.2) is 18.3 Å². The number of thiophene rings is 1. The van der Waals surface area contributed by atoms with Crippen LogP contribution in [0.2, 0.25) is 0 Å². The average molecular weight is 393 g/mol. The number of rotatable bonds is 6. The molecule has 2 heterocycles. The van der Waals surface area contributed by atoms with E-state index in [1.807, 2.05) is 47.8 Å². The molecular weight excluding hydrogens is 370 g/mol. The van der Waals surface area contributed by atoms with Gasteiger partial charge >= 0.3 is 0 Å². The number of furan rings is 1. The lowest BCUT2D eigenvalue weighted by Crippen LogP contribution is -2.87. The fraction of sp³-hybridized carbons (Fsp3) is 0.273. The molecule has 0 bridgehead atoms. The van der Waals surface area contributed by atoms with Crippen molar-refractivity contribution in [3.05, 3.63) is 76.1 Å². The Balaban J connectivity index is 1.46. The van der Waals surface area contributed by atoms with E-state index in [2.05, 4.69) is 11.4 Å². The van der Waals surface area contributed by atoms with Gasteiger partial charge in [-0.1, -0.05) is 30.3 Å². The second-order valence-electron chi connectivity index (χ2n) is 6.92. The number of benzene rings is 1. The molecule has 4 rings (SSSR count). The van der Waals surface area contributed by atoms with Gasteiger partial charge in [-0.25, -0.2) is 0 Å². The summed E-state index contributed by atoms with van der Waals surface area (Å²) >= 11 is 1.56. The normalized spacial score (nSPS) is 14.1. The summed E-state index contributed by atoms with van der Waals surface area (Å²) < 4.78 is 5.59. The molecule has 0 aliphatic heterocycles. The predicted molar refractivity (Wildman–Crippen MR) is 108 cm³/mol. The van der Waals surface area contributed by atoms with Crippen molar-refractivity contribution < 1.29 is 14.5 Å². The van der Waals surface area contributed by atoms with Crippen LogP contribution in [0.3, 0.4) is 0 Å². The molecule has 3 N–H and O–H groups in total. The van der Waals surface area contributed by atoms with Gasteiger partial charge in [0.2, 0.25) is 0 Å². The zero-order chi connectivity index (χ0) is 19.3. The number of carbonyl (C=O) groups is 1. The molecule has 0 radical (unpaired) electrons. The fourth-order valence-corrected chi connectivity index (χ4v) is 4.98. The third kappa shape index (κ3) is 3.86. The maximum absolute atomic E-state index is 12.6. The number of carbonyl (C=O) groups excluding carboxylic acids is 1. The molecule has 0 spiro atoms. The molecule has 5 nitrogen and oxygen atoms in total. The first kappa shape index (κ1) is 18.5. The van der Waals surface area contributed by atoms with Crippen LogP contribution < -0.4 is 10.6 Å². The summed E-state index contributed by atoms with van der Waals surface area (Å²) in [5, 5.41) is 15.2. The monoisotopic (exact) mass is 392 g/mol. The van der Waals surface area contributed by atoms with Gasteiger partial charge in [-0.3, -0.25) is 4.79 Å². The lowest BCUT2D eigenvalue weighted by Gasteiger charge is -2.13. The standard InChI is InChI=1S/C22H21N3O2S/c23-13-17-16-9-4-5-11-19(16)28-22(17)25-20(26)14-24-21(18-10-6-12-27-18)15-7-2-1-3-8-15/h1-3,6-8,10,12,21,24H,4-5,9,11,14H2,(H,25,26)/p+1/t21-/m0/s1. The van der Waals surface area contributed by atoms with Crippen LogP contribution in [0.1, 0.15) is 46.2 Å². The lowest BCUT2D eigenvalue weighted by atomic mass is 9.96. The number of quaternary nitrogens is 1. The molecule has 1 amide bonds. The van der Waals surface area contributed by atoms with Gasteiger partial charge in [0.05, 0.1) is 11.8 Å². The molecule has 142 valence electrons. The molecule has 1 aliphatic carbocycles. The van der Waals surface area contributed by atoms with Crippen molar-refractivity contribution in [2.24, 2.45) is 0 Å². The lowest BCUT2D eigenvalue weighted by molar-refractivity contribution is -0.678. The van der Waals surface area contributed by atoms with Crippen molar-refractivity contribution in [1.82, 2.24) is 0 Å². The van der Waals surface area contributed by atoms with E-state index in [0.29, 0.717) is 10.6 Å². The van der Waals surface area contributed by atoms with E-state index in [1.54, 1.807) is 17.6 Å². The topological polar surface area (TPSA) is 82.6 Å². The van der Waals surface area contributed by atoms with Crippen molar-refractivity contribution in [1.29, 1.82) is 5.26 Å². The third-order valence-electron chi connectivity index (χ3n) is 5.08. The van der Waals surface area contributed by atoms with Crippen LogP contribution in [0.4, 0.5) is 5.00 Å². The Morgan fingerprint density at radius 1 is 1.21 bits per heavy atom. The second-order valence-corrected chi connectivity index (χ2v) is 8.02. The molecule has 1 aromatic carbocycles. The number of hydrogen-bond acceptors (Lipinski definition) is 4. The summed E-state index contributed by atoms with van der Waals surface area (Å²) in [5.41, 5.74) is 2.86. The zero-order valence-corrected chi connectivity index (χ0v) is 16.3. The first-order valence-electron chi connectivity index (χ1n) is 9.52. The fourth-order valence-electron chi connectivity index (χ4n) is 3.72. The van der Waals surface area contributed by atoms with Gasteiger partial charge < -0.3 is 15.1 Å². The summed E-state index contributed by atoms with van der Waals surface area (Å²) in [6.45, 7) is 0.244. The third-order valence-corrected chi connectivity index (χ3v) is 6.29. The van der Waals surface area contributed by atoms with Crippen molar-refractivity contribution in [2.75, 3.05) is 11.9 Å². The number of nitrogens with one attached hydrogen (secondary N) is 1. The number of nitrogens with zero attached hydrogens (tertiary/aromatic N) is 1. The van der Waals surface area contributed by atoms with Gasteiger partial charge in [-0.05, 0) is 43.4 Å². The predicted octanol–water partition coefficient (Wildman–Crippen LogP) is 3.38. The summed E-state index contributed by atoms with van der Waals surface area (Å²) in [6.07, 6.45) is 5.86. The highest BCUT2D eigenvalue weighted by Crippen LogP contribution is 2.37. The minimum atomic E-state index is -0.109. The molecule has 0 unspecified atom stereocenters. The van der Waals surface area contributed by atoms with E-state index in [-0.39, 0.29) is 18.5 Å². The number of amides is 1. The first-order valence-corrected chi connectivity index (χ1v) is 10.3. The summed E-state index contributed by atoms with van der Waals surface area (Å²) in [5.74, 6) is 0.700. The van der Waals surface area contributed by atoms with Crippen molar-refractivity contribution in [3.8, 4) is 6.07 Å². The maximum Gasteiger partial charge on any atom is 0.280 e. The Labute approximate surface area is 168 Å². The number of anilines is 1. The molecular formula is C22H22N3O2S+. The van der Waals surface area contributed by atoms with Crippen LogP contribution >= 0.6 is 11.3 Å². The molecule has 1 aliphatic rings. The average Bonchev–Trinajstić information content (AvgIpc) is 3.36. The van der Waals surface area contributed by atoms with Crippen molar-refractivity contribution in [3.63, 3.8) is 0 Å². The van der Waals surface area contributed by atoms with Gasteiger partial charge in [0, 0.05) is 10.4 Å². The Bertz CT molecular complexity index is 987. The SMILES string of the molecule is N#Cc1c(NC(=O)C[NH2+][C@@H](c2ccccc2)c2ccco2)sc2c1CCCC2. The highest BCUT2D eigenvalue weighted by molar-refractivity contribution is 7.16. The van der Waals surface area contributed by atoms with Crippen molar-refractivity contribution >= 4 is 22.2 Å². The first-order chi connectivity index (χ1) is 13.8. The molecule has 0 saturated heterocycles. The van der Waals surface area contributed by atoms with Crippen LogP contribution in [0.25, 0.3) is 0 Å². The smallest absolute Gasteiger partial charge is 0.280 e. The largest absolute Gasteiger partial charge is 0.463 e.